The number of benzene rings is 4. The van der Waals surface area contributed by atoms with Gasteiger partial charge in [-0.3, -0.25) is 9.59 Å². The summed E-state index contributed by atoms with van der Waals surface area (Å²) >= 11 is -0.282. The number of rotatable bonds is 14. The number of para-hydroxylation sites is 1. The Hall–Kier alpha value is -5.03. The Morgan fingerprint density at radius 1 is 0.891 bits per heavy atom. The molecule has 0 bridgehead atoms. The van der Waals surface area contributed by atoms with Gasteiger partial charge in [-0.05, 0) is 60.1 Å². The fraction of sp³-hybridized carbons (Fsp3) is 0.171. The zero-order valence-corrected chi connectivity index (χ0v) is 25.8. The molecule has 3 N–H and O–H groups in total. The summed E-state index contributed by atoms with van der Waals surface area (Å²) in [5.41, 5.74) is -2.16. The van der Waals surface area contributed by atoms with Gasteiger partial charge in [-0.1, -0.05) is 84.9 Å². The van der Waals surface area contributed by atoms with E-state index in [4.69, 9.17) is 10.1 Å². The van der Waals surface area contributed by atoms with Crippen molar-refractivity contribution in [3.63, 3.8) is 0 Å². The van der Waals surface area contributed by atoms with Crippen LogP contribution < -0.4 is 10.6 Å². The Kier molecular flexibility index (Phi) is 12.0. The molecule has 0 saturated carbocycles. The number of ether oxygens (including phenoxy) is 1. The standard InChI is InChI=1S/C35H33F3N4O3S/c1-2-42(34(44)27-17-12-20-29(23-27)46-35(36,37)38)22-21-40-30(24-39)32(33(43)41-28-18-10-5-11-19-28)45-31(25-13-6-3-7-14-25)26-15-8-4-9-16-26/h3-20,23-24,31,39-40H,2,21-22H2,1H3,(H,41,43)/b32-30-,39-24?. The molecular formula is C35H33F3N4O3S. The van der Waals surface area contributed by atoms with E-state index in [0.717, 1.165) is 17.3 Å². The van der Waals surface area contributed by atoms with Gasteiger partial charge >= 0.3 is 5.51 Å². The molecule has 238 valence electrons. The molecule has 0 radical (unpaired) electrons. The van der Waals surface area contributed by atoms with Crippen LogP contribution in [0.2, 0.25) is 0 Å². The fourth-order valence-electron chi connectivity index (χ4n) is 4.59. The van der Waals surface area contributed by atoms with Crippen molar-refractivity contribution >= 4 is 35.5 Å². The number of thioether (sulfide) groups is 1. The lowest BCUT2D eigenvalue weighted by Gasteiger charge is -2.25. The molecule has 0 aliphatic heterocycles. The number of halogens is 3. The molecule has 0 aromatic heterocycles. The number of alkyl halides is 3. The lowest BCUT2D eigenvalue weighted by molar-refractivity contribution is -0.116. The second-order valence-corrected chi connectivity index (χ2v) is 11.1. The maximum atomic E-state index is 13.7. The molecule has 0 spiro atoms. The Balaban J connectivity index is 1.59. The Morgan fingerprint density at radius 2 is 1.48 bits per heavy atom. The third-order valence-electron chi connectivity index (χ3n) is 6.75. The summed E-state index contributed by atoms with van der Waals surface area (Å²) in [6, 6.07) is 33.0. The number of nitrogens with one attached hydrogen (secondary N) is 3. The number of anilines is 1. The van der Waals surface area contributed by atoms with Crippen molar-refractivity contribution in [3.05, 3.63) is 143 Å². The second-order valence-electron chi connectivity index (χ2n) is 9.91. The van der Waals surface area contributed by atoms with Crippen LogP contribution in [0.3, 0.4) is 0 Å². The van der Waals surface area contributed by atoms with Crippen molar-refractivity contribution in [3.8, 4) is 0 Å². The summed E-state index contributed by atoms with van der Waals surface area (Å²) < 4.78 is 45.1. The smallest absolute Gasteiger partial charge is 0.446 e. The first-order chi connectivity index (χ1) is 22.2. The van der Waals surface area contributed by atoms with Gasteiger partial charge in [0.2, 0.25) is 5.76 Å². The summed E-state index contributed by atoms with van der Waals surface area (Å²) in [7, 11) is 0. The van der Waals surface area contributed by atoms with Crippen molar-refractivity contribution in [1.82, 2.24) is 10.2 Å². The zero-order chi connectivity index (χ0) is 32.9. The third-order valence-corrected chi connectivity index (χ3v) is 7.47. The van der Waals surface area contributed by atoms with Gasteiger partial charge in [0.1, 0.15) is 11.8 Å². The molecule has 0 heterocycles. The third kappa shape index (κ3) is 9.73. The Morgan fingerprint density at radius 3 is 2.02 bits per heavy atom. The van der Waals surface area contributed by atoms with Crippen LogP contribution in [-0.2, 0) is 9.53 Å². The first-order valence-corrected chi connectivity index (χ1v) is 15.3. The van der Waals surface area contributed by atoms with Crippen LogP contribution in [0.25, 0.3) is 0 Å². The van der Waals surface area contributed by atoms with E-state index >= 15 is 0 Å². The van der Waals surface area contributed by atoms with Crippen LogP contribution in [0.5, 0.6) is 0 Å². The molecule has 7 nitrogen and oxygen atoms in total. The van der Waals surface area contributed by atoms with Crippen molar-refractivity contribution in [1.29, 1.82) is 5.41 Å². The van der Waals surface area contributed by atoms with E-state index in [1.807, 2.05) is 66.7 Å². The fourth-order valence-corrected chi connectivity index (χ4v) is 5.18. The predicted molar refractivity (Wildman–Crippen MR) is 175 cm³/mol. The molecule has 0 fully saturated rings. The Bertz CT molecular complexity index is 1600. The average Bonchev–Trinajstić information content (AvgIpc) is 3.06. The van der Waals surface area contributed by atoms with Crippen LogP contribution in [0, 0.1) is 5.41 Å². The van der Waals surface area contributed by atoms with Crippen molar-refractivity contribution in [2.45, 2.75) is 23.4 Å². The van der Waals surface area contributed by atoms with Gasteiger partial charge in [0.05, 0.1) is 0 Å². The number of hydrogen-bond donors (Lipinski definition) is 3. The second kappa shape index (κ2) is 16.3. The van der Waals surface area contributed by atoms with Gasteiger partial charge in [-0.15, -0.1) is 0 Å². The quantitative estimate of drug-likeness (QED) is 0.0566. The number of carbonyl (C=O) groups excluding carboxylic acids is 2. The van der Waals surface area contributed by atoms with Crippen molar-refractivity contribution in [2.75, 3.05) is 25.0 Å². The van der Waals surface area contributed by atoms with Gasteiger partial charge in [-0.25, -0.2) is 0 Å². The van der Waals surface area contributed by atoms with E-state index in [2.05, 4.69) is 10.6 Å². The van der Waals surface area contributed by atoms with Crippen molar-refractivity contribution < 1.29 is 27.5 Å². The zero-order valence-electron chi connectivity index (χ0n) is 25.0. The highest BCUT2D eigenvalue weighted by Crippen LogP contribution is 2.37. The highest BCUT2D eigenvalue weighted by atomic mass is 32.2. The van der Waals surface area contributed by atoms with E-state index in [1.54, 1.807) is 31.2 Å². The van der Waals surface area contributed by atoms with Gasteiger partial charge in [0.25, 0.3) is 11.8 Å². The number of carbonyl (C=O) groups is 2. The van der Waals surface area contributed by atoms with E-state index in [1.165, 1.54) is 29.2 Å². The van der Waals surface area contributed by atoms with Crippen LogP contribution in [0.15, 0.2) is 132 Å². The van der Waals surface area contributed by atoms with Crippen LogP contribution in [-0.4, -0.2) is 48.1 Å². The highest BCUT2D eigenvalue weighted by Gasteiger charge is 2.30. The summed E-state index contributed by atoms with van der Waals surface area (Å²) in [6.45, 7) is 2.29. The molecule has 46 heavy (non-hydrogen) atoms. The van der Waals surface area contributed by atoms with Gasteiger partial charge in [0.15, 0.2) is 0 Å². The minimum atomic E-state index is -4.47. The molecule has 11 heteroatoms. The number of amides is 2. The van der Waals surface area contributed by atoms with Gasteiger partial charge in [-0.2, -0.15) is 13.2 Å². The molecule has 0 saturated heterocycles. The summed E-state index contributed by atoms with van der Waals surface area (Å²) in [4.78, 5) is 28.3. The first-order valence-electron chi connectivity index (χ1n) is 14.4. The van der Waals surface area contributed by atoms with Crippen LogP contribution >= 0.6 is 11.8 Å². The summed E-state index contributed by atoms with van der Waals surface area (Å²) in [6.07, 6.45) is 0.286. The number of nitrogens with zero attached hydrogens (tertiary/aromatic N) is 1. The van der Waals surface area contributed by atoms with Crippen LogP contribution in [0.1, 0.15) is 34.5 Å². The minimum Gasteiger partial charge on any atom is -0.473 e. The number of hydrogen-bond acceptors (Lipinski definition) is 6. The number of likely N-dealkylation sites (N-methyl/N-ethyl adjacent to an activating group) is 1. The predicted octanol–water partition coefficient (Wildman–Crippen LogP) is 7.66. The molecule has 0 unspecified atom stereocenters. The molecule has 0 atom stereocenters. The van der Waals surface area contributed by atoms with Crippen molar-refractivity contribution in [2.24, 2.45) is 0 Å². The van der Waals surface area contributed by atoms with Gasteiger partial charge < -0.3 is 25.7 Å². The first kappa shape index (κ1) is 33.9. The Labute approximate surface area is 270 Å². The van der Waals surface area contributed by atoms with Crippen LogP contribution in [0.4, 0.5) is 18.9 Å². The molecule has 0 aliphatic rings. The maximum Gasteiger partial charge on any atom is 0.446 e. The van der Waals surface area contributed by atoms with E-state index in [9.17, 15) is 22.8 Å². The lowest BCUT2D eigenvalue weighted by atomic mass is 10.0. The monoisotopic (exact) mass is 646 g/mol. The average molecular weight is 647 g/mol. The highest BCUT2D eigenvalue weighted by molar-refractivity contribution is 8.00. The molecule has 4 aromatic rings. The molecular weight excluding hydrogens is 613 g/mol. The lowest BCUT2D eigenvalue weighted by Crippen LogP contribution is -2.37. The molecule has 4 rings (SSSR count). The topological polar surface area (TPSA) is 94.5 Å². The molecule has 0 aliphatic carbocycles. The summed E-state index contributed by atoms with van der Waals surface area (Å²) in [5, 5.41) is 14.1. The number of allylic oxidation sites excluding steroid dienone is 1. The van der Waals surface area contributed by atoms with E-state index in [0.29, 0.717) is 5.69 Å². The normalized spacial score (nSPS) is 11.8. The van der Waals surface area contributed by atoms with E-state index in [-0.39, 0.29) is 53.3 Å². The van der Waals surface area contributed by atoms with Gasteiger partial charge in [0, 0.05) is 42.0 Å². The largest absolute Gasteiger partial charge is 0.473 e. The molecule has 4 aromatic carbocycles. The minimum absolute atomic E-state index is 0.0809. The molecule has 2 amide bonds. The summed E-state index contributed by atoms with van der Waals surface area (Å²) in [5.74, 6) is -1.17. The SMILES string of the molecule is CCN(CCN/C(C=N)=C(\OC(c1ccccc1)c1ccccc1)C(=O)Nc1ccccc1)C(=O)c1cccc(SC(F)(F)F)c1. The maximum absolute atomic E-state index is 13.7. The van der Waals surface area contributed by atoms with E-state index < -0.39 is 23.4 Å².